The highest BCUT2D eigenvalue weighted by molar-refractivity contribution is 5.98. The summed E-state index contributed by atoms with van der Waals surface area (Å²) in [5.41, 5.74) is 6.85. The predicted molar refractivity (Wildman–Crippen MR) is 70.6 cm³/mol. The molecule has 1 heterocycles. The van der Waals surface area contributed by atoms with Crippen molar-refractivity contribution >= 4 is 28.5 Å². The lowest BCUT2D eigenvalue weighted by Gasteiger charge is -2.10. The highest BCUT2D eigenvalue weighted by Crippen LogP contribution is 2.17. The van der Waals surface area contributed by atoms with Gasteiger partial charge in [0.1, 0.15) is 0 Å². The van der Waals surface area contributed by atoms with Crippen molar-refractivity contribution in [2.75, 3.05) is 5.32 Å². The maximum absolute atomic E-state index is 11.7. The molecule has 1 aromatic carbocycles. The van der Waals surface area contributed by atoms with Crippen LogP contribution in [0.4, 0.5) is 5.69 Å². The Labute approximate surface area is 109 Å². The van der Waals surface area contributed by atoms with Crippen LogP contribution in [0, 0.1) is 0 Å². The summed E-state index contributed by atoms with van der Waals surface area (Å²) in [6, 6.07) is 7.82. The molecule has 6 nitrogen and oxygen atoms in total. The standard InChI is InChI=1S/C13H13N3O3/c14-10(7-12(17)18)13(19)16-9-3-4-11-8(6-9)2-1-5-15-11/h1-6,10H,7,14H2,(H,16,19)(H,17,18)/t10-/m0/s1. The van der Waals surface area contributed by atoms with Crippen LogP contribution in [0.1, 0.15) is 6.42 Å². The zero-order valence-corrected chi connectivity index (χ0v) is 10.0. The van der Waals surface area contributed by atoms with Gasteiger partial charge in [-0.1, -0.05) is 6.07 Å². The molecular weight excluding hydrogens is 246 g/mol. The third kappa shape index (κ3) is 3.26. The summed E-state index contributed by atoms with van der Waals surface area (Å²) in [6.07, 6.45) is 1.28. The molecule has 2 aromatic rings. The van der Waals surface area contributed by atoms with Gasteiger partial charge in [-0.25, -0.2) is 0 Å². The number of nitrogens with zero attached hydrogens (tertiary/aromatic N) is 1. The Morgan fingerprint density at radius 1 is 1.37 bits per heavy atom. The number of carbonyl (C=O) groups is 2. The number of fused-ring (bicyclic) bond motifs is 1. The fraction of sp³-hybridized carbons (Fsp3) is 0.154. The molecule has 98 valence electrons. The minimum Gasteiger partial charge on any atom is -0.481 e. The second-order valence-corrected chi connectivity index (χ2v) is 4.10. The van der Waals surface area contributed by atoms with Crippen LogP contribution in [0.5, 0.6) is 0 Å². The van der Waals surface area contributed by atoms with Crippen molar-refractivity contribution in [3.63, 3.8) is 0 Å². The fourth-order valence-corrected chi connectivity index (χ4v) is 1.67. The molecule has 0 spiro atoms. The molecule has 1 aromatic heterocycles. The van der Waals surface area contributed by atoms with Crippen molar-refractivity contribution in [2.45, 2.75) is 12.5 Å². The van der Waals surface area contributed by atoms with Crippen molar-refractivity contribution in [3.05, 3.63) is 36.5 Å². The first-order chi connectivity index (χ1) is 9.06. The summed E-state index contributed by atoms with van der Waals surface area (Å²) in [4.78, 5) is 26.3. The van der Waals surface area contributed by atoms with E-state index in [1.807, 2.05) is 6.07 Å². The number of aromatic nitrogens is 1. The Kier molecular flexibility index (Phi) is 3.72. The van der Waals surface area contributed by atoms with E-state index < -0.39 is 24.3 Å². The van der Waals surface area contributed by atoms with Gasteiger partial charge in [0, 0.05) is 17.3 Å². The SMILES string of the molecule is N[C@@H](CC(=O)O)C(=O)Nc1ccc2ncccc2c1. The summed E-state index contributed by atoms with van der Waals surface area (Å²) < 4.78 is 0. The molecule has 1 amide bonds. The van der Waals surface area contributed by atoms with E-state index in [0.29, 0.717) is 5.69 Å². The molecule has 0 aliphatic heterocycles. The molecule has 0 bridgehead atoms. The van der Waals surface area contributed by atoms with E-state index >= 15 is 0 Å². The quantitative estimate of drug-likeness (QED) is 0.758. The number of aliphatic carboxylic acids is 1. The second-order valence-electron chi connectivity index (χ2n) is 4.10. The number of nitrogens with two attached hydrogens (primary N) is 1. The Bertz CT molecular complexity index is 627. The van der Waals surface area contributed by atoms with E-state index in [0.717, 1.165) is 10.9 Å². The number of carboxylic acid groups (broad SMARTS) is 1. The number of nitrogens with one attached hydrogen (secondary N) is 1. The van der Waals surface area contributed by atoms with Crippen molar-refractivity contribution in [1.29, 1.82) is 0 Å². The van der Waals surface area contributed by atoms with Crippen LogP contribution in [0.2, 0.25) is 0 Å². The third-order valence-electron chi connectivity index (χ3n) is 2.60. The summed E-state index contributed by atoms with van der Waals surface area (Å²) in [5.74, 6) is -1.63. The monoisotopic (exact) mass is 259 g/mol. The molecular formula is C13H13N3O3. The first-order valence-corrected chi connectivity index (χ1v) is 5.69. The largest absolute Gasteiger partial charge is 0.481 e. The van der Waals surface area contributed by atoms with Gasteiger partial charge < -0.3 is 16.2 Å². The molecule has 6 heteroatoms. The summed E-state index contributed by atoms with van der Waals surface area (Å²) in [6.45, 7) is 0. The van der Waals surface area contributed by atoms with Crippen LogP contribution in [-0.4, -0.2) is 28.0 Å². The molecule has 0 unspecified atom stereocenters. The van der Waals surface area contributed by atoms with E-state index in [1.165, 1.54) is 0 Å². The lowest BCUT2D eigenvalue weighted by atomic mass is 10.1. The first-order valence-electron chi connectivity index (χ1n) is 5.69. The lowest BCUT2D eigenvalue weighted by Crippen LogP contribution is -2.37. The van der Waals surface area contributed by atoms with Gasteiger partial charge in [-0.05, 0) is 24.3 Å². The minimum atomic E-state index is -1.11. The summed E-state index contributed by atoms with van der Waals surface area (Å²) >= 11 is 0. The van der Waals surface area contributed by atoms with Gasteiger partial charge in [-0.2, -0.15) is 0 Å². The Hall–Kier alpha value is -2.47. The van der Waals surface area contributed by atoms with E-state index in [9.17, 15) is 9.59 Å². The Balaban J connectivity index is 2.12. The highest BCUT2D eigenvalue weighted by Gasteiger charge is 2.17. The van der Waals surface area contributed by atoms with Crippen LogP contribution in [0.25, 0.3) is 10.9 Å². The van der Waals surface area contributed by atoms with E-state index in [1.54, 1.807) is 30.5 Å². The number of rotatable bonds is 4. The van der Waals surface area contributed by atoms with Gasteiger partial charge in [0.15, 0.2) is 0 Å². The number of benzene rings is 1. The number of carbonyl (C=O) groups excluding carboxylic acids is 1. The third-order valence-corrected chi connectivity index (χ3v) is 2.60. The van der Waals surface area contributed by atoms with Crippen LogP contribution in [0.3, 0.4) is 0 Å². The molecule has 19 heavy (non-hydrogen) atoms. The smallest absolute Gasteiger partial charge is 0.305 e. The van der Waals surface area contributed by atoms with E-state index in [4.69, 9.17) is 10.8 Å². The number of amides is 1. The Morgan fingerprint density at radius 3 is 2.89 bits per heavy atom. The average molecular weight is 259 g/mol. The molecule has 0 saturated carbocycles. The Morgan fingerprint density at radius 2 is 2.16 bits per heavy atom. The molecule has 0 aliphatic carbocycles. The second kappa shape index (κ2) is 5.45. The topological polar surface area (TPSA) is 105 Å². The van der Waals surface area contributed by atoms with Crippen LogP contribution in [0.15, 0.2) is 36.5 Å². The van der Waals surface area contributed by atoms with Gasteiger partial charge in [-0.3, -0.25) is 14.6 Å². The summed E-state index contributed by atoms with van der Waals surface area (Å²) in [7, 11) is 0. The molecule has 4 N–H and O–H groups in total. The zero-order valence-electron chi connectivity index (χ0n) is 10.0. The molecule has 0 aliphatic rings. The maximum atomic E-state index is 11.7. The van der Waals surface area contributed by atoms with Gasteiger partial charge in [0.2, 0.25) is 5.91 Å². The van der Waals surface area contributed by atoms with Crippen molar-refractivity contribution in [1.82, 2.24) is 4.98 Å². The van der Waals surface area contributed by atoms with Gasteiger partial charge >= 0.3 is 5.97 Å². The number of pyridine rings is 1. The minimum absolute atomic E-state index is 0.402. The van der Waals surface area contributed by atoms with Crippen molar-refractivity contribution in [2.24, 2.45) is 5.73 Å². The average Bonchev–Trinajstić information content (AvgIpc) is 2.37. The highest BCUT2D eigenvalue weighted by atomic mass is 16.4. The predicted octanol–water partition coefficient (Wildman–Crippen LogP) is 0.975. The summed E-state index contributed by atoms with van der Waals surface area (Å²) in [5, 5.41) is 12.0. The number of carboxylic acids is 1. The zero-order chi connectivity index (χ0) is 13.8. The molecule has 0 radical (unpaired) electrons. The van der Waals surface area contributed by atoms with Gasteiger partial charge in [0.05, 0.1) is 18.0 Å². The van der Waals surface area contributed by atoms with Crippen LogP contribution in [-0.2, 0) is 9.59 Å². The molecule has 0 fully saturated rings. The lowest BCUT2D eigenvalue weighted by molar-refractivity contribution is -0.138. The molecule has 2 rings (SSSR count). The normalized spacial score (nSPS) is 12.1. The van der Waals surface area contributed by atoms with Gasteiger partial charge in [-0.15, -0.1) is 0 Å². The molecule has 1 atom stereocenters. The van der Waals surface area contributed by atoms with Gasteiger partial charge in [0.25, 0.3) is 0 Å². The number of hydrogen-bond donors (Lipinski definition) is 3. The van der Waals surface area contributed by atoms with Crippen molar-refractivity contribution in [3.8, 4) is 0 Å². The van der Waals surface area contributed by atoms with E-state index in [2.05, 4.69) is 10.3 Å². The fourth-order valence-electron chi connectivity index (χ4n) is 1.67. The first kappa shape index (κ1) is 13.0. The van der Waals surface area contributed by atoms with E-state index in [-0.39, 0.29) is 0 Å². The van der Waals surface area contributed by atoms with Crippen LogP contribution >= 0.6 is 0 Å². The maximum Gasteiger partial charge on any atom is 0.305 e. The number of hydrogen-bond acceptors (Lipinski definition) is 4. The number of anilines is 1. The van der Waals surface area contributed by atoms with Crippen molar-refractivity contribution < 1.29 is 14.7 Å². The van der Waals surface area contributed by atoms with Crippen LogP contribution < -0.4 is 11.1 Å². The molecule has 0 saturated heterocycles.